The minimum absolute atomic E-state index is 0.0120. The smallest absolute Gasteiger partial charge is 0.142 e. The van der Waals surface area contributed by atoms with Crippen molar-refractivity contribution in [2.24, 2.45) is 0 Å². The van der Waals surface area contributed by atoms with Crippen molar-refractivity contribution in [1.29, 1.82) is 0 Å². The Morgan fingerprint density at radius 2 is 1.85 bits per heavy atom. The Bertz CT molecular complexity index is 623. The lowest BCUT2D eigenvalue weighted by Gasteiger charge is -2.43. The zero-order chi connectivity index (χ0) is 14.2. The molecule has 0 aromatic heterocycles. The molecule has 0 atom stereocenters. The molecule has 0 amide bonds. The van der Waals surface area contributed by atoms with Crippen LogP contribution in [0.1, 0.15) is 11.1 Å². The summed E-state index contributed by atoms with van der Waals surface area (Å²) in [6.45, 7) is 1.78. The SMILES string of the molecule is Fc1cccc(CC2(c3ccc(Br)cc3)CNC2)c1Cl. The van der Waals surface area contributed by atoms with Crippen molar-refractivity contribution in [2.75, 3.05) is 13.1 Å². The van der Waals surface area contributed by atoms with Crippen LogP contribution in [-0.2, 0) is 11.8 Å². The highest BCUT2D eigenvalue weighted by Crippen LogP contribution is 2.35. The maximum atomic E-state index is 13.6. The van der Waals surface area contributed by atoms with E-state index in [2.05, 4.69) is 33.4 Å². The molecule has 0 spiro atoms. The molecule has 3 rings (SSSR count). The second kappa shape index (κ2) is 5.47. The summed E-state index contributed by atoms with van der Waals surface area (Å²) < 4.78 is 14.6. The summed E-state index contributed by atoms with van der Waals surface area (Å²) in [6, 6.07) is 13.4. The van der Waals surface area contributed by atoms with E-state index in [0.29, 0.717) is 0 Å². The first-order chi connectivity index (χ1) is 9.61. The van der Waals surface area contributed by atoms with Crippen LogP contribution < -0.4 is 5.32 Å². The molecule has 1 N–H and O–H groups in total. The molecule has 0 radical (unpaired) electrons. The van der Waals surface area contributed by atoms with Crippen LogP contribution in [0.25, 0.3) is 0 Å². The third kappa shape index (κ3) is 2.50. The molecule has 2 aromatic carbocycles. The van der Waals surface area contributed by atoms with Gasteiger partial charge in [0.05, 0.1) is 5.02 Å². The van der Waals surface area contributed by atoms with Gasteiger partial charge in [-0.2, -0.15) is 0 Å². The van der Waals surface area contributed by atoms with Gasteiger partial charge in [0.25, 0.3) is 0 Å². The number of halogens is 3. The van der Waals surface area contributed by atoms with Crippen LogP contribution in [0.4, 0.5) is 4.39 Å². The first-order valence-corrected chi connectivity index (χ1v) is 7.67. The molecular weight excluding hydrogens is 341 g/mol. The van der Waals surface area contributed by atoms with Crippen molar-refractivity contribution >= 4 is 27.5 Å². The lowest BCUT2D eigenvalue weighted by Crippen LogP contribution is -2.58. The molecule has 0 unspecified atom stereocenters. The molecule has 2 aromatic rings. The molecule has 1 aliphatic rings. The highest BCUT2D eigenvalue weighted by atomic mass is 79.9. The zero-order valence-corrected chi connectivity index (χ0v) is 13.1. The maximum absolute atomic E-state index is 13.6. The van der Waals surface area contributed by atoms with Crippen molar-refractivity contribution in [3.05, 3.63) is 68.9 Å². The number of rotatable bonds is 3. The number of hydrogen-bond acceptors (Lipinski definition) is 1. The van der Waals surface area contributed by atoms with Gasteiger partial charge >= 0.3 is 0 Å². The zero-order valence-electron chi connectivity index (χ0n) is 10.8. The summed E-state index contributed by atoms with van der Waals surface area (Å²) in [5, 5.41) is 3.57. The summed E-state index contributed by atoms with van der Waals surface area (Å²) in [7, 11) is 0. The standard InChI is InChI=1S/C16H14BrClFN/c17-13-6-4-12(5-7-13)16(9-20-10-16)8-11-2-1-3-14(19)15(11)18/h1-7,20H,8-10H2. The van der Waals surface area contributed by atoms with E-state index in [0.717, 1.165) is 29.5 Å². The van der Waals surface area contributed by atoms with Crippen molar-refractivity contribution in [3.8, 4) is 0 Å². The topological polar surface area (TPSA) is 12.0 Å². The van der Waals surface area contributed by atoms with Crippen LogP contribution in [-0.4, -0.2) is 13.1 Å². The first-order valence-electron chi connectivity index (χ1n) is 6.50. The van der Waals surface area contributed by atoms with Crippen molar-refractivity contribution in [1.82, 2.24) is 5.32 Å². The molecule has 104 valence electrons. The molecule has 4 heteroatoms. The highest BCUT2D eigenvalue weighted by Gasteiger charge is 2.39. The van der Waals surface area contributed by atoms with Gasteiger partial charge in [0.15, 0.2) is 0 Å². The van der Waals surface area contributed by atoms with Gasteiger partial charge in [0, 0.05) is 23.0 Å². The lowest BCUT2D eigenvalue weighted by molar-refractivity contribution is 0.274. The van der Waals surface area contributed by atoms with E-state index in [1.165, 1.54) is 11.6 Å². The Morgan fingerprint density at radius 1 is 1.15 bits per heavy atom. The predicted octanol–water partition coefficient (Wildman–Crippen LogP) is 4.33. The van der Waals surface area contributed by atoms with E-state index in [9.17, 15) is 4.39 Å². The van der Waals surface area contributed by atoms with E-state index in [4.69, 9.17) is 11.6 Å². The predicted molar refractivity (Wildman–Crippen MR) is 83.8 cm³/mol. The van der Waals surface area contributed by atoms with E-state index < -0.39 is 0 Å². The Balaban J connectivity index is 1.94. The molecule has 0 bridgehead atoms. The molecule has 1 heterocycles. The van der Waals surface area contributed by atoms with Crippen LogP contribution in [0, 0.1) is 5.82 Å². The van der Waals surface area contributed by atoms with Crippen LogP contribution in [0.15, 0.2) is 46.9 Å². The molecule has 1 saturated heterocycles. The van der Waals surface area contributed by atoms with Crippen LogP contribution in [0.2, 0.25) is 5.02 Å². The van der Waals surface area contributed by atoms with Gasteiger partial charge in [-0.05, 0) is 35.7 Å². The number of hydrogen-bond donors (Lipinski definition) is 1. The fraction of sp³-hybridized carbons (Fsp3) is 0.250. The minimum atomic E-state index is -0.345. The molecule has 1 nitrogen and oxygen atoms in total. The van der Waals surface area contributed by atoms with Gasteiger partial charge in [-0.1, -0.05) is 51.8 Å². The summed E-state index contributed by atoms with van der Waals surface area (Å²) in [5.74, 6) is -0.345. The van der Waals surface area contributed by atoms with Crippen LogP contribution in [0.5, 0.6) is 0 Å². The average Bonchev–Trinajstić information content (AvgIpc) is 2.40. The van der Waals surface area contributed by atoms with Crippen LogP contribution in [0.3, 0.4) is 0 Å². The minimum Gasteiger partial charge on any atom is -0.315 e. The van der Waals surface area contributed by atoms with Gasteiger partial charge in [-0.3, -0.25) is 0 Å². The Morgan fingerprint density at radius 3 is 2.45 bits per heavy atom. The largest absolute Gasteiger partial charge is 0.315 e. The summed E-state index contributed by atoms with van der Waals surface area (Å²) in [6.07, 6.45) is 0.748. The van der Waals surface area contributed by atoms with E-state index in [1.807, 2.05) is 18.2 Å². The Labute approximate surface area is 131 Å². The normalized spacial score (nSPS) is 16.8. The van der Waals surface area contributed by atoms with Crippen LogP contribution >= 0.6 is 27.5 Å². The fourth-order valence-electron chi connectivity index (χ4n) is 2.71. The average molecular weight is 355 g/mol. The molecule has 1 fully saturated rings. The molecular formula is C16H14BrClFN. The van der Waals surface area contributed by atoms with E-state index >= 15 is 0 Å². The van der Waals surface area contributed by atoms with E-state index in [1.54, 1.807) is 6.07 Å². The number of nitrogens with one attached hydrogen (secondary N) is 1. The molecule has 0 saturated carbocycles. The first kappa shape index (κ1) is 14.1. The molecule has 20 heavy (non-hydrogen) atoms. The lowest BCUT2D eigenvalue weighted by atomic mass is 9.71. The van der Waals surface area contributed by atoms with Gasteiger partial charge in [-0.15, -0.1) is 0 Å². The monoisotopic (exact) mass is 353 g/mol. The second-order valence-corrected chi connectivity index (χ2v) is 6.57. The Kier molecular flexibility index (Phi) is 3.85. The van der Waals surface area contributed by atoms with Crippen molar-refractivity contribution in [3.63, 3.8) is 0 Å². The van der Waals surface area contributed by atoms with Gasteiger partial charge in [0.2, 0.25) is 0 Å². The van der Waals surface area contributed by atoms with E-state index in [-0.39, 0.29) is 16.3 Å². The third-order valence-corrected chi connectivity index (χ3v) is 4.90. The maximum Gasteiger partial charge on any atom is 0.142 e. The van der Waals surface area contributed by atoms with Gasteiger partial charge in [-0.25, -0.2) is 4.39 Å². The second-order valence-electron chi connectivity index (χ2n) is 5.28. The fourth-order valence-corrected chi connectivity index (χ4v) is 3.17. The highest BCUT2D eigenvalue weighted by molar-refractivity contribution is 9.10. The van der Waals surface area contributed by atoms with Gasteiger partial charge in [0.1, 0.15) is 5.82 Å². The Hall–Kier alpha value is -0.900. The van der Waals surface area contributed by atoms with Gasteiger partial charge < -0.3 is 5.32 Å². The molecule has 0 aliphatic carbocycles. The third-order valence-electron chi connectivity index (χ3n) is 3.94. The summed E-state index contributed by atoms with van der Waals surface area (Å²) >= 11 is 9.54. The van der Waals surface area contributed by atoms with Crippen molar-refractivity contribution < 1.29 is 4.39 Å². The summed E-state index contributed by atoms with van der Waals surface area (Å²) in [5.41, 5.74) is 2.15. The number of benzene rings is 2. The van der Waals surface area contributed by atoms with Crippen molar-refractivity contribution in [2.45, 2.75) is 11.8 Å². The quantitative estimate of drug-likeness (QED) is 0.865. The molecule has 1 aliphatic heterocycles. The summed E-state index contributed by atoms with van der Waals surface area (Å²) in [4.78, 5) is 0.